The third-order valence-electron chi connectivity index (χ3n) is 3.91. The van der Waals surface area contributed by atoms with Gasteiger partial charge in [0.1, 0.15) is 13.2 Å². The number of carbonyl (C=O) groups excluding carboxylic acids is 1. The van der Waals surface area contributed by atoms with Gasteiger partial charge in [-0.15, -0.1) is 0 Å². The quantitative estimate of drug-likeness (QED) is 0.742. The Morgan fingerprint density at radius 2 is 2.09 bits per heavy atom. The molecule has 1 saturated heterocycles. The highest BCUT2D eigenvalue weighted by atomic mass is 79.9. The molecular formula is C15H19BrN2O4. The maximum Gasteiger partial charge on any atom is 0.237 e. The van der Waals surface area contributed by atoms with Crippen LogP contribution in [-0.2, 0) is 4.79 Å². The first kappa shape index (κ1) is 15.6. The van der Waals surface area contributed by atoms with Crippen molar-refractivity contribution in [2.45, 2.75) is 31.5 Å². The second-order valence-corrected chi connectivity index (χ2v) is 6.45. The molecule has 2 aliphatic heterocycles. The zero-order valence-electron chi connectivity index (χ0n) is 12.3. The Hall–Kier alpha value is -1.31. The molecule has 3 atom stereocenters. The van der Waals surface area contributed by atoms with Crippen molar-refractivity contribution in [2.75, 3.05) is 19.8 Å². The fourth-order valence-corrected chi connectivity index (χ4v) is 3.39. The van der Waals surface area contributed by atoms with Crippen LogP contribution in [0.15, 0.2) is 16.6 Å². The van der Waals surface area contributed by atoms with Crippen LogP contribution in [0.25, 0.3) is 0 Å². The van der Waals surface area contributed by atoms with E-state index in [-0.39, 0.29) is 18.0 Å². The van der Waals surface area contributed by atoms with Gasteiger partial charge in [0.15, 0.2) is 11.5 Å². The van der Waals surface area contributed by atoms with Gasteiger partial charge in [-0.05, 0) is 31.0 Å². The number of aliphatic hydroxyl groups is 1. The molecule has 1 fully saturated rings. The van der Waals surface area contributed by atoms with Crippen LogP contribution in [0, 0.1) is 0 Å². The number of benzene rings is 1. The summed E-state index contributed by atoms with van der Waals surface area (Å²) in [5.41, 5.74) is 0.927. The standard InChI is InChI=1S/C15H19BrN2O4/c1-8(18-15(20)12-4-9(19)7-17-12)10-5-13-14(6-11(10)16)22-3-2-21-13/h5-6,8-9,12,17,19H,2-4,7H2,1H3,(H,18,20)/t8-,9-,12+/m0/s1. The number of β-amino-alcohol motifs (C(OH)–C–C–N with tert-alkyl or cyclic N) is 1. The number of ether oxygens (including phenoxy) is 2. The van der Waals surface area contributed by atoms with E-state index in [1.54, 1.807) is 0 Å². The Morgan fingerprint density at radius 3 is 2.73 bits per heavy atom. The lowest BCUT2D eigenvalue weighted by Gasteiger charge is -2.23. The number of amides is 1. The number of nitrogens with one attached hydrogen (secondary N) is 2. The lowest BCUT2D eigenvalue weighted by atomic mass is 10.1. The summed E-state index contributed by atoms with van der Waals surface area (Å²) in [4.78, 5) is 12.2. The molecule has 7 heteroatoms. The first-order chi connectivity index (χ1) is 10.5. The van der Waals surface area contributed by atoms with E-state index in [4.69, 9.17) is 9.47 Å². The molecule has 3 rings (SSSR count). The Labute approximate surface area is 137 Å². The Kier molecular flexibility index (Phi) is 4.56. The molecule has 2 aliphatic rings. The van der Waals surface area contributed by atoms with Crippen molar-refractivity contribution in [1.82, 2.24) is 10.6 Å². The van der Waals surface area contributed by atoms with Gasteiger partial charge in [0.05, 0.1) is 18.2 Å². The summed E-state index contributed by atoms with van der Waals surface area (Å²) in [6.07, 6.45) is -0.00647. The van der Waals surface area contributed by atoms with E-state index >= 15 is 0 Å². The fraction of sp³-hybridized carbons (Fsp3) is 0.533. The van der Waals surface area contributed by atoms with E-state index in [2.05, 4.69) is 26.6 Å². The van der Waals surface area contributed by atoms with Crippen LogP contribution in [0.1, 0.15) is 24.9 Å². The largest absolute Gasteiger partial charge is 0.486 e. The second kappa shape index (κ2) is 6.44. The highest BCUT2D eigenvalue weighted by molar-refractivity contribution is 9.10. The van der Waals surface area contributed by atoms with Gasteiger partial charge in [0.25, 0.3) is 0 Å². The van der Waals surface area contributed by atoms with Gasteiger partial charge >= 0.3 is 0 Å². The maximum absolute atomic E-state index is 12.2. The predicted molar refractivity (Wildman–Crippen MR) is 84.1 cm³/mol. The molecular weight excluding hydrogens is 352 g/mol. The van der Waals surface area contributed by atoms with Crippen LogP contribution in [0.2, 0.25) is 0 Å². The molecule has 1 amide bonds. The molecule has 0 aliphatic carbocycles. The number of rotatable bonds is 3. The summed E-state index contributed by atoms with van der Waals surface area (Å²) in [5.74, 6) is 1.30. The van der Waals surface area contributed by atoms with Crippen molar-refractivity contribution < 1.29 is 19.4 Å². The van der Waals surface area contributed by atoms with Gasteiger partial charge in [0.2, 0.25) is 5.91 Å². The smallest absolute Gasteiger partial charge is 0.237 e. The molecule has 2 heterocycles. The zero-order chi connectivity index (χ0) is 15.7. The van der Waals surface area contributed by atoms with E-state index in [0.29, 0.717) is 37.7 Å². The summed E-state index contributed by atoms with van der Waals surface area (Å²) >= 11 is 3.52. The topological polar surface area (TPSA) is 79.8 Å². The number of hydrogen-bond acceptors (Lipinski definition) is 5. The van der Waals surface area contributed by atoms with E-state index in [1.807, 2.05) is 19.1 Å². The number of hydrogen-bond donors (Lipinski definition) is 3. The molecule has 1 aromatic carbocycles. The minimum absolute atomic E-state index is 0.106. The lowest BCUT2D eigenvalue weighted by molar-refractivity contribution is -0.123. The summed E-state index contributed by atoms with van der Waals surface area (Å²) in [6, 6.07) is 3.23. The highest BCUT2D eigenvalue weighted by Gasteiger charge is 2.29. The monoisotopic (exact) mass is 370 g/mol. The van der Waals surface area contributed by atoms with Gasteiger partial charge in [-0.2, -0.15) is 0 Å². The summed E-state index contributed by atoms with van der Waals surface area (Å²) in [7, 11) is 0. The highest BCUT2D eigenvalue weighted by Crippen LogP contribution is 2.37. The van der Waals surface area contributed by atoms with Crippen LogP contribution < -0.4 is 20.1 Å². The molecule has 22 heavy (non-hydrogen) atoms. The van der Waals surface area contributed by atoms with Gasteiger partial charge in [-0.3, -0.25) is 4.79 Å². The average Bonchev–Trinajstić information content (AvgIpc) is 2.93. The minimum Gasteiger partial charge on any atom is -0.486 e. The molecule has 0 radical (unpaired) electrons. The fourth-order valence-electron chi connectivity index (χ4n) is 2.72. The average molecular weight is 371 g/mol. The van der Waals surface area contributed by atoms with Crippen LogP contribution in [-0.4, -0.2) is 42.9 Å². The molecule has 6 nitrogen and oxygen atoms in total. The molecule has 3 N–H and O–H groups in total. The zero-order valence-corrected chi connectivity index (χ0v) is 13.9. The van der Waals surface area contributed by atoms with Gasteiger partial charge in [-0.1, -0.05) is 15.9 Å². The third-order valence-corrected chi connectivity index (χ3v) is 4.60. The van der Waals surface area contributed by atoms with E-state index in [0.717, 1.165) is 10.0 Å². The van der Waals surface area contributed by atoms with Crippen LogP contribution in [0.4, 0.5) is 0 Å². The van der Waals surface area contributed by atoms with E-state index < -0.39 is 6.10 Å². The molecule has 0 spiro atoms. The lowest BCUT2D eigenvalue weighted by Crippen LogP contribution is -2.41. The van der Waals surface area contributed by atoms with Gasteiger partial charge in [-0.25, -0.2) is 0 Å². The molecule has 0 saturated carbocycles. The molecule has 0 bridgehead atoms. The molecule has 120 valence electrons. The SMILES string of the molecule is C[C@H](NC(=O)[C@H]1C[C@H](O)CN1)c1cc2c(cc1Br)OCCO2. The van der Waals surface area contributed by atoms with Crippen LogP contribution >= 0.6 is 15.9 Å². The molecule has 0 unspecified atom stereocenters. The normalized spacial score (nSPS) is 24.9. The van der Waals surface area contributed by atoms with Crippen molar-refractivity contribution in [1.29, 1.82) is 0 Å². The van der Waals surface area contributed by atoms with Crippen LogP contribution in [0.5, 0.6) is 11.5 Å². The van der Waals surface area contributed by atoms with Crippen molar-refractivity contribution >= 4 is 21.8 Å². The number of aliphatic hydroxyl groups excluding tert-OH is 1. The molecule has 1 aromatic rings. The first-order valence-electron chi connectivity index (χ1n) is 7.35. The number of halogens is 1. The third kappa shape index (κ3) is 3.21. The minimum atomic E-state index is -0.452. The van der Waals surface area contributed by atoms with Crippen molar-refractivity contribution in [3.63, 3.8) is 0 Å². The number of fused-ring (bicyclic) bond motifs is 1. The second-order valence-electron chi connectivity index (χ2n) is 5.60. The van der Waals surface area contributed by atoms with Crippen molar-refractivity contribution in [3.05, 3.63) is 22.2 Å². The van der Waals surface area contributed by atoms with Crippen molar-refractivity contribution in [2.24, 2.45) is 0 Å². The summed E-state index contributed by atoms with van der Waals surface area (Å²) in [6.45, 7) is 3.44. The summed E-state index contributed by atoms with van der Waals surface area (Å²) in [5, 5.41) is 15.5. The maximum atomic E-state index is 12.2. The Morgan fingerprint density at radius 1 is 1.41 bits per heavy atom. The molecule has 0 aromatic heterocycles. The van der Waals surface area contributed by atoms with E-state index in [9.17, 15) is 9.90 Å². The Bertz CT molecular complexity index is 581. The van der Waals surface area contributed by atoms with Crippen molar-refractivity contribution in [3.8, 4) is 11.5 Å². The Balaban J connectivity index is 1.71. The van der Waals surface area contributed by atoms with Gasteiger partial charge < -0.3 is 25.2 Å². The van der Waals surface area contributed by atoms with E-state index in [1.165, 1.54) is 0 Å². The first-order valence-corrected chi connectivity index (χ1v) is 8.14. The van der Waals surface area contributed by atoms with Crippen LogP contribution in [0.3, 0.4) is 0 Å². The summed E-state index contributed by atoms with van der Waals surface area (Å²) < 4.78 is 12.0. The number of carbonyl (C=O) groups is 1. The van der Waals surface area contributed by atoms with Gasteiger partial charge in [0, 0.05) is 11.0 Å². The predicted octanol–water partition coefficient (Wildman–Crippen LogP) is 1.12.